The van der Waals surface area contributed by atoms with Crippen LogP contribution < -0.4 is 5.32 Å². The third-order valence-corrected chi connectivity index (χ3v) is 7.73. The summed E-state index contributed by atoms with van der Waals surface area (Å²) in [4.78, 5) is 18.7. The molecular weight excluding hydrogens is 358 g/mol. The van der Waals surface area contributed by atoms with Gasteiger partial charge in [-0.1, -0.05) is 56.0 Å². The lowest BCUT2D eigenvalue weighted by Gasteiger charge is -2.43. The van der Waals surface area contributed by atoms with Gasteiger partial charge in [-0.05, 0) is 70.8 Å². The second kappa shape index (κ2) is 9.61. The minimum atomic E-state index is -0.363. The maximum atomic E-state index is 13.7. The van der Waals surface area contributed by atoms with Crippen LogP contribution in [-0.2, 0) is 10.2 Å². The van der Waals surface area contributed by atoms with Crippen molar-refractivity contribution in [1.82, 2.24) is 15.1 Å². The normalized spacial score (nSPS) is 27.3. The van der Waals surface area contributed by atoms with E-state index in [4.69, 9.17) is 0 Å². The van der Waals surface area contributed by atoms with Gasteiger partial charge in [0, 0.05) is 18.6 Å². The summed E-state index contributed by atoms with van der Waals surface area (Å²) in [6.45, 7) is 4.23. The number of nitrogens with zero attached hydrogens (tertiary/aromatic N) is 2. The molecule has 0 spiro atoms. The van der Waals surface area contributed by atoms with E-state index in [-0.39, 0.29) is 11.3 Å². The first-order chi connectivity index (χ1) is 14.2. The molecule has 1 N–H and O–H groups in total. The molecule has 0 aromatic heterocycles. The summed E-state index contributed by atoms with van der Waals surface area (Å²) in [7, 11) is 2.17. The van der Waals surface area contributed by atoms with Crippen LogP contribution in [0.25, 0.3) is 0 Å². The third kappa shape index (κ3) is 4.86. The molecule has 1 saturated carbocycles. The SMILES string of the molecule is CN1CCC(C(=O)NC2CCCN(C3CCCCCC3)C2)(c2ccccc2)CC1. The Hall–Kier alpha value is -1.39. The molecule has 1 atom stereocenters. The summed E-state index contributed by atoms with van der Waals surface area (Å²) in [5.74, 6) is 0.268. The fraction of sp³-hybridized carbons (Fsp3) is 0.720. The quantitative estimate of drug-likeness (QED) is 0.782. The molecule has 4 rings (SSSR count). The maximum absolute atomic E-state index is 13.7. The molecule has 2 aliphatic heterocycles. The first-order valence-electron chi connectivity index (χ1n) is 12.0. The largest absolute Gasteiger partial charge is 0.351 e. The van der Waals surface area contributed by atoms with Gasteiger partial charge in [0.1, 0.15) is 0 Å². The van der Waals surface area contributed by atoms with Crippen molar-refractivity contribution in [3.8, 4) is 0 Å². The molecule has 0 radical (unpaired) electrons. The highest BCUT2D eigenvalue weighted by atomic mass is 16.2. The van der Waals surface area contributed by atoms with Crippen LogP contribution >= 0.6 is 0 Å². The monoisotopic (exact) mass is 397 g/mol. The summed E-state index contributed by atoms with van der Waals surface area (Å²) in [6, 6.07) is 11.6. The van der Waals surface area contributed by atoms with Crippen LogP contribution in [0.5, 0.6) is 0 Å². The number of benzene rings is 1. The van der Waals surface area contributed by atoms with Gasteiger partial charge < -0.3 is 10.2 Å². The number of carbonyl (C=O) groups excluding carboxylic acids is 1. The minimum Gasteiger partial charge on any atom is -0.351 e. The molecule has 0 bridgehead atoms. The van der Waals surface area contributed by atoms with Gasteiger partial charge >= 0.3 is 0 Å². The zero-order valence-electron chi connectivity index (χ0n) is 18.2. The molecule has 1 aromatic carbocycles. The van der Waals surface area contributed by atoms with Crippen molar-refractivity contribution in [2.24, 2.45) is 0 Å². The van der Waals surface area contributed by atoms with Crippen molar-refractivity contribution in [2.75, 3.05) is 33.2 Å². The zero-order chi connectivity index (χ0) is 20.1. The summed E-state index contributed by atoms with van der Waals surface area (Å²) >= 11 is 0. The molecule has 1 aliphatic carbocycles. The van der Waals surface area contributed by atoms with Gasteiger partial charge in [-0.15, -0.1) is 0 Å². The van der Waals surface area contributed by atoms with E-state index in [0.29, 0.717) is 6.04 Å². The highest BCUT2D eigenvalue weighted by molar-refractivity contribution is 5.88. The van der Waals surface area contributed by atoms with E-state index in [9.17, 15) is 4.79 Å². The number of hydrogen-bond donors (Lipinski definition) is 1. The van der Waals surface area contributed by atoms with Gasteiger partial charge in [0.15, 0.2) is 0 Å². The van der Waals surface area contributed by atoms with Crippen LogP contribution in [0.2, 0.25) is 0 Å². The number of piperidine rings is 2. The number of hydrogen-bond acceptors (Lipinski definition) is 3. The van der Waals surface area contributed by atoms with Crippen LogP contribution in [0.15, 0.2) is 30.3 Å². The molecule has 160 valence electrons. The van der Waals surface area contributed by atoms with Crippen molar-refractivity contribution < 1.29 is 4.79 Å². The van der Waals surface area contributed by atoms with Crippen molar-refractivity contribution in [3.05, 3.63) is 35.9 Å². The topological polar surface area (TPSA) is 35.6 Å². The van der Waals surface area contributed by atoms with Crippen molar-refractivity contribution >= 4 is 5.91 Å². The van der Waals surface area contributed by atoms with Crippen LogP contribution in [-0.4, -0.2) is 61.0 Å². The molecule has 1 aromatic rings. The average Bonchev–Trinajstić information content (AvgIpc) is 3.05. The van der Waals surface area contributed by atoms with Crippen molar-refractivity contribution in [2.45, 2.75) is 81.7 Å². The number of nitrogens with one attached hydrogen (secondary N) is 1. The van der Waals surface area contributed by atoms with Gasteiger partial charge in [-0.2, -0.15) is 0 Å². The van der Waals surface area contributed by atoms with Crippen LogP contribution in [0.3, 0.4) is 0 Å². The summed E-state index contributed by atoms with van der Waals surface area (Å²) in [5.41, 5.74) is 0.834. The summed E-state index contributed by atoms with van der Waals surface area (Å²) < 4.78 is 0. The first-order valence-corrected chi connectivity index (χ1v) is 12.0. The Bertz CT molecular complexity index is 645. The Balaban J connectivity index is 1.44. The lowest BCUT2D eigenvalue weighted by Crippen LogP contribution is -2.57. The molecule has 1 amide bonds. The van der Waals surface area contributed by atoms with Crippen molar-refractivity contribution in [1.29, 1.82) is 0 Å². The molecule has 3 fully saturated rings. The number of amides is 1. The number of rotatable bonds is 4. The summed E-state index contributed by atoms with van der Waals surface area (Å²) in [5, 5.41) is 3.53. The highest BCUT2D eigenvalue weighted by Crippen LogP contribution is 2.36. The highest BCUT2D eigenvalue weighted by Gasteiger charge is 2.43. The Morgan fingerprint density at radius 3 is 2.31 bits per heavy atom. The second-order valence-corrected chi connectivity index (χ2v) is 9.70. The maximum Gasteiger partial charge on any atom is 0.231 e. The predicted molar refractivity (Wildman–Crippen MR) is 119 cm³/mol. The van der Waals surface area contributed by atoms with Gasteiger partial charge in [0.05, 0.1) is 5.41 Å². The average molecular weight is 398 g/mol. The van der Waals surface area contributed by atoms with Crippen LogP contribution in [0, 0.1) is 0 Å². The number of likely N-dealkylation sites (tertiary alicyclic amines) is 2. The lowest BCUT2D eigenvalue weighted by atomic mass is 9.72. The Morgan fingerprint density at radius 1 is 0.931 bits per heavy atom. The molecule has 4 nitrogen and oxygen atoms in total. The van der Waals surface area contributed by atoms with E-state index in [1.54, 1.807) is 0 Å². The van der Waals surface area contributed by atoms with E-state index in [2.05, 4.69) is 52.5 Å². The molecule has 2 saturated heterocycles. The minimum absolute atomic E-state index is 0.268. The van der Waals surface area contributed by atoms with Gasteiger partial charge in [0.2, 0.25) is 5.91 Å². The Labute approximate surface area is 177 Å². The molecule has 29 heavy (non-hydrogen) atoms. The Morgan fingerprint density at radius 2 is 1.62 bits per heavy atom. The molecule has 2 heterocycles. The van der Waals surface area contributed by atoms with Crippen molar-refractivity contribution in [3.63, 3.8) is 0 Å². The van der Waals surface area contributed by atoms with E-state index < -0.39 is 0 Å². The van der Waals surface area contributed by atoms with Gasteiger partial charge in [-0.3, -0.25) is 9.69 Å². The first kappa shape index (κ1) is 20.9. The van der Waals surface area contributed by atoms with Crippen LogP contribution in [0.4, 0.5) is 0 Å². The fourth-order valence-electron chi connectivity index (χ4n) is 5.81. The standard InChI is InChI=1S/C25H39N3O/c1-27-18-15-25(16-19-27,21-10-5-4-6-11-21)24(29)26-22-12-9-17-28(20-22)23-13-7-2-3-8-14-23/h4-6,10-11,22-23H,2-3,7-9,12-20H2,1H3,(H,26,29). The zero-order valence-corrected chi connectivity index (χ0v) is 18.2. The molecule has 4 heteroatoms. The third-order valence-electron chi connectivity index (χ3n) is 7.73. The lowest BCUT2D eigenvalue weighted by molar-refractivity contribution is -0.129. The smallest absolute Gasteiger partial charge is 0.231 e. The van der Waals surface area contributed by atoms with E-state index in [1.165, 1.54) is 57.1 Å². The van der Waals surface area contributed by atoms with E-state index in [1.807, 2.05) is 0 Å². The van der Waals surface area contributed by atoms with E-state index >= 15 is 0 Å². The number of carbonyl (C=O) groups is 1. The predicted octanol–water partition coefficient (Wildman–Crippen LogP) is 3.95. The molecule has 1 unspecified atom stereocenters. The van der Waals surface area contributed by atoms with Gasteiger partial charge in [0.25, 0.3) is 0 Å². The van der Waals surface area contributed by atoms with Crippen LogP contribution in [0.1, 0.15) is 69.8 Å². The fourth-order valence-corrected chi connectivity index (χ4v) is 5.81. The van der Waals surface area contributed by atoms with E-state index in [0.717, 1.165) is 44.9 Å². The Kier molecular flexibility index (Phi) is 6.92. The molecular formula is C25H39N3O. The second-order valence-electron chi connectivity index (χ2n) is 9.70. The summed E-state index contributed by atoms with van der Waals surface area (Å²) in [6.07, 6.45) is 12.4. The molecule has 3 aliphatic rings. The van der Waals surface area contributed by atoms with Gasteiger partial charge in [-0.25, -0.2) is 0 Å².